The Balaban J connectivity index is -0.0000000267. The van der Waals surface area contributed by atoms with Gasteiger partial charge in [-0.15, -0.1) is 0 Å². The maximum absolute atomic E-state index is 4.89. The third kappa shape index (κ3) is 27.6. The third-order valence-electron chi connectivity index (χ3n) is 0.471. The largest absolute Gasteiger partial charge is 0.503 e. The monoisotopic (exact) mass is 171 g/mol. The molecule has 0 aliphatic rings. The molecule has 3 heteroatoms. The van der Waals surface area contributed by atoms with Crippen molar-refractivity contribution in [3.63, 3.8) is 0 Å². The summed E-state index contributed by atoms with van der Waals surface area (Å²) in [5.74, 6) is 4.28. The molecule has 0 fully saturated rings. The molecule has 0 N–H and O–H groups in total. The molecular formula is C5H17AlOV. The minimum absolute atomic E-state index is 0. The molecule has 0 unspecified atom stereocenters. The second-order valence-electron chi connectivity index (χ2n) is 1.28. The van der Waals surface area contributed by atoms with Gasteiger partial charge in [-0.1, -0.05) is 26.4 Å². The SMILES string of the molecule is C.C.C[O][Al]([CH3])[CH3].[V]. The first-order valence-electron chi connectivity index (χ1n) is 1.80. The van der Waals surface area contributed by atoms with Crippen molar-refractivity contribution < 1.29 is 22.3 Å². The summed E-state index contributed by atoms with van der Waals surface area (Å²) in [6.45, 7) is 0. The van der Waals surface area contributed by atoms with Crippen LogP contribution in [-0.2, 0) is 22.3 Å². The minimum atomic E-state index is -0.650. The minimum Gasteiger partial charge on any atom is -0.503 e. The van der Waals surface area contributed by atoms with Crippen LogP contribution in [0.1, 0.15) is 14.9 Å². The van der Waals surface area contributed by atoms with Crippen molar-refractivity contribution in [2.75, 3.05) is 7.11 Å². The van der Waals surface area contributed by atoms with E-state index in [2.05, 4.69) is 11.6 Å². The molecule has 0 bridgehead atoms. The van der Waals surface area contributed by atoms with Crippen LogP contribution in [0.15, 0.2) is 0 Å². The zero-order chi connectivity index (χ0) is 4.28. The molecule has 0 aromatic heterocycles. The van der Waals surface area contributed by atoms with E-state index in [0.29, 0.717) is 0 Å². The summed E-state index contributed by atoms with van der Waals surface area (Å²) in [7, 11) is 1.76. The van der Waals surface area contributed by atoms with Crippen molar-refractivity contribution in [2.24, 2.45) is 0 Å². The van der Waals surface area contributed by atoms with Crippen LogP contribution >= 0.6 is 0 Å². The molecule has 0 atom stereocenters. The van der Waals surface area contributed by atoms with Crippen molar-refractivity contribution in [2.45, 2.75) is 26.4 Å². The van der Waals surface area contributed by atoms with Gasteiger partial charge in [0.25, 0.3) is 0 Å². The topological polar surface area (TPSA) is 9.23 Å². The molecule has 0 rings (SSSR count). The Kier molecular flexibility index (Phi) is 45.1. The van der Waals surface area contributed by atoms with Crippen LogP contribution in [0.3, 0.4) is 0 Å². The number of hydrogen-bond donors (Lipinski definition) is 0. The van der Waals surface area contributed by atoms with Crippen molar-refractivity contribution in [3.8, 4) is 0 Å². The van der Waals surface area contributed by atoms with Crippen molar-refractivity contribution in [1.29, 1.82) is 0 Å². The summed E-state index contributed by atoms with van der Waals surface area (Å²) in [4.78, 5) is 0. The molecule has 51 valence electrons. The van der Waals surface area contributed by atoms with Crippen LogP contribution in [0.4, 0.5) is 0 Å². The Hall–Kier alpha value is 1.08. The Bertz CT molecular complexity index is 26.4. The summed E-state index contributed by atoms with van der Waals surface area (Å²) in [6.07, 6.45) is 0. The molecule has 0 saturated heterocycles. The predicted octanol–water partition coefficient (Wildman–Crippen LogP) is 2.15. The van der Waals surface area contributed by atoms with E-state index in [1.807, 2.05) is 0 Å². The quantitative estimate of drug-likeness (QED) is 0.549. The van der Waals surface area contributed by atoms with E-state index in [4.69, 9.17) is 3.79 Å². The van der Waals surface area contributed by atoms with Crippen molar-refractivity contribution in [3.05, 3.63) is 0 Å². The van der Waals surface area contributed by atoms with E-state index >= 15 is 0 Å². The Morgan fingerprint density at radius 1 is 1.12 bits per heavy atom. The molecule has 1 radical (unpaired) electrons. The zero-order valence-corrected chi connectivity index (χ0v) is 6.98. The molecule has 0 aliphatic heterocycles. The molecular weight excluding hydrogens is 154 g/mol. The molecule has 8 heavy (non-hydrogen) atoms. The third-order valence-corrected chi connectivity index (χ3v) is 1.41. The van der Waals surface area contributed by atoms with Crippen molar-refractivity contribution in [1.82, 2.24) is 0 Å². The Labute approximate surface area is 70.4 Å². The van der Waals surface area contributed by atoms with Crippen molar-refractivity contribution >= 4 is 14.5 Å². The van der Waals surface area contributed by atoms with Gasteiger partial charge in [0.15, 0.2) is 0 Å². The van der Waals surface area contributed by atoms with Gasteiger partial charge in [0, 0.05) is 25.7 Å². The van der Waals surface area contributed by atoms with E-state index in [-0.39, 0.29) is 33.4 Å². The first-order chi connectivity index (χ1) is 2.27. The number of hydrogen-bond acceptors (Lipinski definition) is 1. The van der Waals surface area contributed by atoms with Crippen LogP contribution in [0.25, 0.3) is 0 Å². The molecule has 0 heterocycles. The zero-order valence-electron chi connectivity index (χ0n) is 4.43. The predicted molar refractivity (Wildman–Crippen MR) is 38.0 cm³/mol. The van der Waals surface area contributed by atoms with Gasteiger partial charge < -0.3 is 3.79 Å². The van der Waals surface area contributed by atoms with E-state index in [0.717, 1.165) is 0 Å². The number of rotatable bonds is 1. The molecule has 0 spiro atoms. The Morgan fingerprint density at radius 2 is 1.25 bits per heavy atom. The fourth-order valence-electron chi connectivity index (χ4n) is 0. The smallest absolute Gasteiger partial charge is 0.453 e. The molecule has 0 aromatic carbocycles. The van der Waals surface area contributed by atoms with Crippen LogP contribution in [-0.4, -0.2) is 21.6 Å². The van der Waals surface area contributed by atoms with Gasteiger partial charge in [-0.3, -0.25) is 0 Å². The van der Waals surface area contributed by atoms with Gasteiger partial charge >= 0.3 is 14.5 Å². The first kappa shape index (κ1) is 23.0. The fraction of sp³-hybridized carbons (Fsp3) is 1.00. The maximum Gasteiger partial charge on any atom is 0.453 e. The van der Waals surface area contributed by atoms with Crippen LogP contribution < -0.4 is 0 Å². The van der Waals surface area contributed by atoms with Gasteiger partial charge in [-0.25, -0.2) is 0 Å². The van der Waals surface area contributed by atoms with E-state index < -0.39 is 14.5 Å². The molecule has 0 amide bonds. The molecule has 0 saturated carbocycles. The van der Waals surface area contributed by atoms with Gasteiger partial charge in [0.2, 0.25) is 0 Å². The average molecular weight is 171 g/mol. The van der Waals surface area contributed by atoms with E-state index in [1.165, 1.54) is 0 Å². The van der Waals surface area contributed by atoms with Crippen LogP contribution in [0.2, 0.25) is 11.6 Å². The summed E-state index contributed by atoms with van der Waals surface area (Å²) in [5, 5.41) is 0. The second kappa shape index (κ2) is 15.7. The first-order valence-corrected chi connectivity index (χ1v) is 4.58. The van der Waals surface area contributed by atoms with Crippen LogP contribution in [0.5, 0.6) is 0 Å². The fourth-order valence-corrected chi connectivity index (χ4v) is 0. The molecule has 0 aliphatic carbocycles. The molecule has 1 nitrogen and oxygen atoms in total. The maximum atomic E-state index is 4.89. The van der Waals surface area contributed by atoms with Gasteiger partial charge in [0.05, 0.1) is 0 Å². The van der Waals surface area contributed by atoms with E-state index in [9.17, 15) is 0 Å². The second-order valence-corrected chi connectivity index (χ2v) is 3.85. The molecule has 0 aromatic rings. The summed E-state index contributed by atoms with van der Waals surface area (Å²) < 4.78 is 4.89. The Morgan fingerprint density at radius 3 is 1.25 bits per heavy atom. The summed E-state index contributed by atoms with van der Waals surface area (Å²) in [5.41, 5.74) is 0. The average Bonchev–Trinajstić information content (AvgIpc) is 1.38. The summed E-state index contributed by atoms with van der Waals surface area (Å²) >= 11 is -0.650. The van der Waals surface area contributed by atoms with Gasteiger partial charge in [-0.05, 0) is 0 Å². The van der Waals surface area contributed by atoms with Gasteiger partial charge in [-0.2, -0.15) is 0 Å². The standard InChI is InChI=1S/CH3O.2CH4.2CH3.Al.V/c1-2;;;;;;/h1H3;2*1H4;2*1H3;;/q-1;;;;;+1;. The summed E-state index contributed by atoms with van der Waals surface area (Å²) in [6, 6.07) is 0. The van der Waals surface area contributed by atoms with Gasteiger partial charge in [0.1, 0.15) is 0 Å². The normalized spacial score (nSPS) is 4.88. The van der Waals surface area contributed by atoms with Crippen LogP contribution in [0, 0.1) is 0 Å². The van der Waals surface area contributed by atoms with E-state index in [1.54, 1.807) is 7.11 Å².